The van der Waals surface area contributed by atoms with E-state index < -0.39 is 11.9 Å². The second-order valence-corrected chi connectivity index (χ2v) is 5.44. The lowest BCUT2D eigenvalue weighted by molar-refractivity contribution is -0.140. The Bertz CT molecular complexity index is 608. The van der Waals surface area contributed by atoms with Crippen LogP contribution in [-0.4, -0.2) is 58.9 Å². The van der Waals surface area contributed by atoms with Crippen LogP contribution in [0.4, 0.5) is 0 Å². The van der Waals surface area contributed by atoms with E-state index in [0.29, 0.717) is 31.6 Å². The van der Waals surface area contributed by atoms with Gasteiger partial charge in [-0.25, -0.2) is 9.59 Å². The maximum Gasteiger partial charge on any atom is 0.354 e. The second kappa shape index (κ2) is 9.61. The van der Waals surface area contributed by atoms with E-state index >= 15 is 0 Å². The minimum atomic E-state index is -1.03. The van der Waals surface area contributed by atoms with Crippen LogP contribution in [0.3, 0.4) is 0 Å². The monoisotopic (exact) mass is 352 g/mol. The Morgan fingerprint density at radius 1 is 0.960 bits per heavy atom. The van der Waals surface area contributed by atoms with Crippen LogP contribution in [0.15, 0.2) is 23.5 Å². The molecule has 0 bridgehead atoms. The summed E-state index contributed by atoms with van der Waals surface area (Å²) in [5.41, 5.74) is 0.447. The standard InChI is InChI=1S/C9H13NO3.C8H11NO3/c1-3-7(9(12)13-2)10-6-4-5-8(10)11;1-2-6(8(11)12)9-5-3-4-7(9)10/h3H,4-6H2,1-2H3;2H,3-5H2,1H3,(H,11,12)/b7-3-;6-2-. The molecule has 0 unspecified atom stereocenters. The highest BCUT2D eigenvalue weighted by atomic mass is 16.5. The van der Waals surface area contributed by atoms with Crippen molar-refractivity contribution in [2.45, 2.75) is 39.5 Å². The van der Waals surface area contributed by atoms with Gasteiger partial charge in [0.25, 0.3) is 0 Å². The van der Waals surface area contributed by atoms with Crippen LogP contribution >= 0.6 is 0 Å². The Kier molecular flexibility index (Phi) is 7.84. The molecule has 2 aliphatic rings. The van der Waals surface area contributed by atoms with E-state index in [1.54, 1.807) is 19.9 Å². The van der Waals surface area contributed by atoms with Gasteiger partial charge in [-0.05, 0) is 26.7 Å². The van der Waals surface area contributed by atoms with Crippen molar-refractivity contribution in [3.8, 4) is 0 Å². The first-order valence-electron chi connectivity index (χ1n) is 8.12. The number of ether oxygens (including phenoxy) is 1. The zero-order chi connectivity index (χ0) is 19.0. The van der Waals surface area contributed by atoms with E-state index in [2.05, 4.69) is 4.74 Å². The molecule has 2 heterocycles. The van der Waals surface area contributed by atoms with Gasteiger partial charge in [0.15, 0.2) is 0 Å². The molecule has 0 aromatic heterocycles. The minimum Gasteiger partial charge on any atom is -0.477 e. The Morgan fingerprint density at radius 3 is 1.68 bits per heavy atom. The number of carboxylic acid groups (broad SMARTS) is 1. The summed E-state index contributed by atoms with van der Waals surface area (Å²) in [4.78, 5) is 47.0. The maximum atomic E-state index is 11.3. The van der Waals surface area contributed by atoms with E-state index in [1.165, 1.54) is 23.0 Å². The summed E-state index contributed by atoms with van der Waals surface area (Å²) in [5.74, 6) is -1.57. The zero-order valence-electron chi connectivity index (χ0n) is 14.8. The fourth-order valence-electron chi connectivity index (χ4n) is 2.69. The number of amides is 2. The second-order valence-electron chi connectivity index (χ2n) is 5.44. The highest BCUT2D eigenvalue weighted by molar-refractivity contribution is 5.94. The average Bonchev–Trinajstić information content (AvgIpc) is 3.18. The van der Waals surface area contributed by atoms with Gasteiger partial charge in [-0.1, -0.05) is 12.2 Å². The largest absolute Gasteiger partial charge is 0.477 e. The van der Waals surface area contributed by atoms with Gasteiger partial charge in [0.05, 0.1) is 7.11 Å². The Hall–Kier alpha value is -2.64. The molecule has 0 spiro atoms. The number of likely N-dealkylation sites (tertiary alicyclic amines) is 2. The molecule has 0 radical (unpaired) electrons. The summed E-state index contributed by atoms with van der Waals surface area (Å²) in [6, 6.07) is 0. The first kappa shape index (κ1) is 20.4. The van der Waals surface area contributed by atoms with Crippen molar-refractivity contribution in [2.75, 3.05) is 20.2 Å². The third-order valence-electron chi connectivity index (χ3n) is 3.89. The zero-order valence-corrected chi connectivity index (χ0v) is 14.8. The van der Waals surface area contributed by atoms with E-state index in [4.69, 9.17) is 5.11 Å². The molecule has 0 saturated carbocycles. The smallest absolute Gasteiger partial charge is 0.354 e. The number of carboxylic acids is 1. The molecule has 8 nitrogen and oxygen atoms in total. The van der Waals surface area contributed by atoms with Crippen molar-refractivity contribution >= 4 is 23.8 Å². The SMILES string of the molecule is C/C=C(/C(=O)O)N1CCCC1=O.C/C=C(/C(=O)OC)N1CCCC1=O. The molecule has 1 N–H and O–H groups in total. The van der Waals surface area contributed by atoms with Crippen molar-refractivity contribution < 1.29 is 29.0 Å². The van der Waals surface area contributed by atoms with Gasteiger partial charge in [0.2, 0.25) is 11.8 Å². The number of carbonyl (C=O) groups is 4. The predicted octanol–water partition coefficient (Wildman–Crippen LogP) is 1.28. The van der Waals surface area contributed by atoms with Gasteiger partial charge in [-0.15, -0.1) is 0 Å². The Balaban J connectivity index is 0.000000251. The van der Waals surface area contributed by atoms with Gasteiger partial charge in [0, 0.05) is 25.9 Å². The summed E-state index contributed by atoms with van der Waals surface area (Å²) < 4.78 is 4.56. The molecule has 0 aliphatic carbocycles. The number of aliphatic carboxylic acids is 1. The highest BCUT2D eigenvalue weighted by Gasteiger charge is 2.27. The first-order chi connectivity index (χ1) is 11.9. The molecule has 2 aliphatic heterocycles. The summed E-state index contributed by atoms with van der Waals surface area (Å²) >= 11 is 0. The van der Waals surface area contributed by atoms with Gasteiger partial charge in [-0.2, -0.15) is 0 Å². The third-order valence-corrected chi connectivity index (χ3v) is 3.89. The number of methoxy groups -OCH3 is 1. The molecule has 2 rings (SSSR count). The van der Waals surface area contributed by atoms with Crippen molar-refractivity contribution in [3.63, 3.8) is 0 Å². The minimum absolute atomic E-state index is 0.00139. The van der Waals surface area contributed by atoms with Gasteiger partial charge in [0.1, 0.15) is 11.4 Å². The number of carbonyl (C=O) groups excluding carboxylic acids is 3. The Morgan fingerprint density at radius 2 is 1.40 bits per heavy atom. The van der Waals surface area contributed by atoms with E-state index in [-0.39, 0.29) is 17.5 Å². The normalized spacial score (nSPS) is 18.2. The number of esters is 1. The lowest BCUT2D eigenvalue weighted by Crippen LogP contribution is -2.29. The van der Waals surface area contributed by atoms with Gasteiger partial charge in [-0.3, -0.25) is 9.59 Å². The van der Waals surface area contributed by atoms with E-state index in [9.17, 15) is 19.2 Å². The number of hydrogen-bond donors (Lipinski definition) is 1. The molecular formula is C17H24N2O6. The molecule has 2 saturated heterocycles. The summed E-state index contributed by atoms with van der Waals surface area (Å²) in [6.07, 6.45) is 5.61. The molecule has 0 aromatic rings. The predicted molar refractivity (Wildman–Crippen MR) is 89.1 cm³/mol. The fraction of sp³-hybridized carbons (Fsp3) is 0.529. The summed E-state index contributed by atoms with van der Waals surface area (Å²) in [6.45, 7) is 4.49. The van der Waals surface area contributed by atoms with Crippen molar-refractivity contribution in [2.24, 2.45) is 0 Å². The van der Waals surface area contributed by atoms with E-state index in [0.717, 1.165) is 12.8 Å². The highest BCUT2D eigenvalue weighted by Crippen LogP contribution is 2.17. The molecule has 2 fully saturated rings. The molecule has 0 aromatic carbocycles. The number of allylic oxidation sites excluding steroid dienone is 2. The number of hydrogen-bond acceptors (Lipinski definition) is 5. The van der Waals surface area contributed by atoms with Crippen molar-refractivity contribution in [3.05, 3.63) is 23.5 Å². The summed E-state index contributed by atoms with van der Waals surface area (Å²) in [5, 5.41) is 8.69. The third kappa shape index (κ3) is 5.17. The molecule has 138 valence electrons. The Labute approximate surface area is 146 Å². The van der Waals surface area contributed by atoms with Crippen LogP contribution in [0.25, 0.3) is 0 Å². The van der Waals surface area contributed by atoms with Gasteiger partial charge < -0.3 is 19.6 Å². The quantitative estimate of drug-likeness (QED) is 0.604. The topological polar surface area (TPSA) is 104 Å². The fourth-order valence-corrected chi connectivity index (χ4v) is 2.69. The number of rotatable bonds is 4. The molecule has 0 atom stereocenters. The van der Waals surface area contributed by atoms with Crippen molar-refractivity contribution in [1.82, 2.24) is 9.80 Å². The molecular weight excluding hydrogens is 328 g/mol. The number of nitrogens with zero attached hydrogens (tertiary/aromatic N) is 2. The lowest BCUT2D eigenvalue weighted by Gasteiger charge is -2.16. The van der Waals surface area contributed by atoms with Gasteiger partial charge >= 0.3 is 11.9 Å². The van der Waals surface area contributed by atoms with Crippen LogP contribution in [-0.2, 0) is 23.9 Å². The lowest BCUT2D eigenvalue weighted by atomic mass is 10.3. The maximum absolute atomic E-state index is 11.3. The van der Waals surface area contributed by atoms with Crippen LogP contribution in [0.5, 0.6) is 0 Å². The molecule has 25 heavy (non-hydrogen) atoms. The van der Waals surface area contributed by atoms with Crippen LogP contribution in [0.2, 0.25) is 0 Å². The molecule has 2 amide bonds. The summed E-state index contributed by atoms with van der Waals surface area (Å²) in [7, 11) is 1.31. The van der Waals surface area contributed by atoms with Crippen LogP contribution in [0, 0.1) is 0 Å². The van der Waals surface area contributed by atoms with Crippen molar-refractivity contribution in [1.29, 1.82) is 0 Å². The molecule has 8 heteroatoms. The van der Waals surface area contributed by atoms with Crippen LogP contribution in [0.1, 0.15) is 39.5 Å². The van der Waals surface area contributed by atoms with Crippen LogP contribution < -0.4 is 0 Å². The average molecular weight is 352 g/mol. The first-order valence-corrected chi connectivity index (χ1v) is 8.12. The van der Waals surface area contributed by atoms with E-state index in [1.807, 2.05) is 0 Å².